The first-order valence-corrected chi connectivity index (χ1v) is 12.3. The molecule has 1 aliphatic heterocycles. The molecule has 2 heterocycles. The van der Waals surface area contributed by atoms with Gasteiger partial charge in [0.1, 0.15) is 5.75 Å². The molecule has 1 N–H and O–H groups in total. The third kappa shape index (κ3) is 5.54. The Hall–Kier alpha value is -2.91. The molecule has 0 saturated heterocycles. The fourth-order valence-corrected chi connectivity index (χ4v) is 4.58. The van der Waals surface area contributed by atoms with E-state index in [0.29, 0.717) is 23.7 Å². The summed E-state index contributed by atoms with van der Waals surface area (Å²) in [4.78, 5) is 32.2. The van der Waals surface area contributed by atoms with Gasteiger partial charge in [-0.3, -0.25) is 9.59 Å². The van der Waals surface area contributed by atoms with Crippen LogP contribution in [-0.2, 0) is 11.2 Å². The maximum atomic E-state index is 13.2. The summed E-state index contributed by atoms with van der Waals surface area (Å²) in [5.74, 6) is 0.711. The van der Waals surface area contributed by atoms with Gasteiger partial charge in [0.25, 0.3) is 11.5 Å². The summed E-state index contributed by atoms with van der Waals surface area (Å²) in [6, 6.07) is 16.8. The average molecular weight is 527 g/mol. The van der Waals surface area contributed by atoms with Crippen molar-refractivity contribution in [3.63, 3.8) is 0 Å². The molecule has 0 radical (unpaired) electrons. The first kappa shape index (κ1) is 23.3. The van der Waals surface area contributed by atoms with Gasteiger partial charge in [-0.25, -0.2) is 9.99 Å². The van der Waals surface area contributed by atoms with Crippen LogP contribution in [-0.4, -0.2) is 39.5 Å². The summed E-state index contributed by atoms with van der Waals surface area (Å²) < 4.78 is 6.25. The van der Waals surface area contributed by atoms with Gasteiger partial charge in [-0.1, -0.05) is 58.9 Å². The van der Waals surface area contributed by atoms with Gasteiger partial charge in [-0.05, 0) is 41.8 Å². The number of H-pyrrole nitrogens is 1. The molecule has 2 aromatic carbocycles. The van der Waals surface area contributed by atoms with E-state index in [2.05, 4.69) is 25.9 Å². The van der Waals surface area contributed by atoms with Crippen molar-refractivity contribution >= 4 is 39.3 Å². The maximum Gasteiger partial charge on any atom is 0.253 e. The number of benzene rings is 2. The van der Waals surface area contributed by atoms with Crippen LogP contribution in [0.15, 0.2) is 74.1 Å². The molecule has 1 amide bonds. The highest BCUT2D eigenvalue weighted by Crippen LogP contribution is 2.34. The van der Waals surface area contributed by atoms with Crippen LogP contribution in [0.5, 0.6) is 5.75 Å². The number of halogens is 1. The average Bonchev–Trinajstić information content (AvgIpc) is 3.28. The Bertz CT molecular complexity index is 1230. The zero-order valence-electron chi connectivity index (χ0n) is 18.2. The smallest absolute Gasteiger partial charge is 0.253 e. The lowest BCUT2D eigenvalue weighted by atomic mass is 9.98. The van der Waals surface area contributed by atoms with Crippen LogP contribution in [0.1, 0.15) is 36.2 Å². The minimum absolute atomic E-state index is 0.111. The van der Waals surface area contributed by atoms with Crippen molar-refractivity contribution in [1.82, 2.24) is 15.0 Å². The highest BCUT2D eigenvalue weighted by Gasteiger charge is 2.33. The number of hydrogen-bond donors (Lipinski definition) is 1. The Balaban J connectivity index is 1.58. The van der Waals surface area contributed by atoms with Gasteiger partial charge in [0.2, 0.25) is 0 Å². The van der Waals surface area contributed by atoms with Crippen LogP contribution in [0.3, 0.4) is 0 Å². The number of carbonyl (C=O) groups is 1. The lowest BCUT2D eigenvalue weighted by Crippen LogP contribution is -2.28. The zero-order valence-corrected chi connectivity index (χ0v) is 20.6. The van der Waals surface area contributed by atoms with Crippen LogP contribution in [0.25, 0.3) is 0 Å². The quantitative estimate of drug-likeness (QED) is 0.359. The summed E-state index contributed by atoms with van der Waals surface area (Å²) >= 11 is 4.67. The number of amides is 1. The van der Waals surface area contributed by atoms with Gasteiger partial charge in [-0.2, -0.15) is 5.10 Å². The number of hydrogen-bond acceptors (Lipinski definition) is 6. The van der Waals surface area contributed by atoms with Crippen molar-refractivity contribution in [3.8, 4) is 5.75 Å². The van der Waals surface area contributed by atoms with Gasteiger partial charge in [0, 0.05) is 22.7 Å². The largest absolute Gasteiger partial charge is 0.497 e. The predicted octanol–water partition coefficient (Wildman–Crippen LogP) is 4.57. The first-order chi connectivity index (χ1) is 16.0. The molecule has 4 rings (SSSR count). The normalized spacial score (nSPS) is 15.4. The molecular weight excluding hydrogens is 504 g/mol. The van der Waals surface area contributed by atoms with Gasteiger partial charge in [0.15, 0.2) is 5.16 Å². The van der Waals surface area contributed by atoms with Crippen LogP contribution >= 0.6 is 27.7 Å². The number of ether oxygens (including phenoxy) is 1. The Morgan fingerprint density at radius 1 is 1.21 bits per heavy atom. The molecule has 33 heavy (non-hydrogen) atoms. The van der Waals surface area contributed by atoms with E-state index in [1.807, 2.05) is 55.5 Å². The monoisotopic (exact) mass is 526 g/mol. The van der Waals surface area contributed by atoms with Crippen molar-refractivity contribution in [2.24, 2.45) is 5.10 Å². The summed E-state index contributed by atoms with van der Waals surface area (Å²) in [7, 11) is 1.62. The Morgan fingerprint density at radius 3 is 2.61 bits per heavy atom. The molecule has 0 bridgehead atoms. The SMILES string of the molecule is CCc1cc(=O)[nH]c(SCC(=O)N2N=C(c3ccc(Br)cc3)CC2c2ccc(OC)cc2)n1. The topological polar surface area (TPSA) is 87.7 Å². The van der Waals surface area contributed by atoms with E-state index in [1.165, 1.54) is 17.8 Å². The fourth-order valence-electron chi connectivity index (χ4n) is 3.57. The fraction of sp³-hybridized carbons (Fsp3) is 0.250. The molecule has 170 valence electrons. The number of aromatic amines is 1. The molecule has 7 nitrogen and oxygen atoms in total. The number of thioether (sulfide) groups is 1. The number of nitrogens with zero attached hydrogens (tertiary/aromatic N) is 3. The first-order valence-electron chi connectivity index (χ1n) is 10.5. The second-order valence-corrected chi connectivity index (χ2v) is 9.35. The van der Waals surface area contributed by atoms with E-state index in [0.717, 1.165) is 27.1 Å². The van der Waals surface area contributed by atoms with Crippen LogP contribution in [0.4, 0.5) is 0 Å². The van der Waals surface area contributed by atoms with Crippen molar-refractivity contribution in [2.75, 3.05) is 12.9 Å². The van der Waals surface area contributed by atoms with Gasteiger partial charge in [0.05, 0.1) is 24.6 Å². The van der Waals surface area contributed by atoms with E-state index in [1.54, 1.807) is 12.1 Å². The summed E-state index contributed by atoms with van der Waals surface area (Å²) in [5.41, 5.74) is 3.28. The van der Waals surface area contributed by atoms with Crippen molar-refractivity contribution in [1.29, 1.82) is 0 Å². The standard InChI is InChI=1S/C24H23BrN4O3S/c1-3-18-12-22(30)27-24(26-18)33-14-23(31)29-21(16-6-10-19(32-2)11-7-16)13-20(28-29)15-4-8-17(25)9-5-15/h4-12,21H,3,13-14H2,1-2H3,(H,26,27,30). The molecular formula is C24H23BrN4O3S. The summed E-state index contributed by atoms with van der Waals surface area (Å²) in [6.45, 7) is 1.93. The maximum absolute atomic E-state index is 13.2. The minimum atomic E-state index is -0.225. The molecule has 0 saturated carbocycles. The molecule has 1 atom stereocenters. The van der Waals surface area contributed by atoms with E-state index in [-0.39, 0.29) is 23.3 Å². The van der Waals surface area contributed by atoms with Gasteiger partial charge < -0.3 is 9.72 Å². The van der Waals surface area contributed by atoms with Crippen LogP contribution < -0.4 is 10.3 Å². The van der Waals surface area contributed by atoms with E-state index in [9.17, 15) is 9.59 Å². The van der Waals surface area contributed by atoms with Crippen molar-refractivity contribution in [3.05, 3.63) is 86.2 Å². The summed E-state index contributed by atoms with van der Waals surface area (Å²) in [6.07, 6.45) is 1.25. The van der Waals surface area contributed by atoms with E-state index < -0.39 is 0 Å². The second kappa shape index (κ2) is 10.4. The van der Waals surface area contributed by atoms with Crippen molar-refractivity contribution < 1.29 is 9.53 Å². The number of aromatic nitrogens is 2. The molecule has 3 aromatic rings. The molecule has 1 aromatic heterocycles. The van der Waals surface area contributed by atoms with E-state index in [4.69, 9.17) is 9.84 Å². The van der Waals surface area contributed by atoms with Gasteiger partial charge in [-0.15, -0.1) is 0 Å². The third-order valence-electron chi connectivity index (χ3n) is 5.31. The third-order valence-corrected chi connectivity index (χ3v) is 6.70. The number of carbonyl (C=O) groups excluding carboxylic acids is 1. The molecule has 1 aliphatic rings. The second-order valence-electron chi connectivity index (χ2n) is 7.47. The number of aryl methyl sites for hydroxylation is 1. The number of rotatable bonds is 7. The van der Waals surface area contributed by atoms with Gasteiger partial charge >= 0.3 is 0 Å². The lowest BCUT2D eigenvalue weighted by molar-refractivity contribution is -0.130. The Labute approximate surface area is 204 Å². The van der Waals surface area contributed by atoms with E-state index >= 15 is 0 Å². The highest BCUT2D eigenvalue weighted by atomic mass is 79.9. The number of methoxy groups -OCH3 is 1. The lowest BCUT2D eigenvalue weighted by Gasteiger charge is -2.22. The Kier molecular flexibility index (Phi) is 7.29. The zero-order chi connectivity index (χ0) is 23.4. The van der Waals surface area contributed by atoms with Crippen molar-refractivity contribution in [2.45, 2.75) is 31.0 Å². The van der Waals surface area contributed by atoms with Crippen LogP contribution in [0, 0.1) is 0 Å². The molecule has 0 fully saturated rings. The molecule has 1 unspecified atom stereocenters. The molecule has 0 spiro atoms. The number of nitrogens with one attached hydrogen (secondary N) is 1. The summed E-state index contributed by atoms with van der Waals surface area (Å²) in [5, 5.41) is 6.68. The molecule has 0 aliphatic carbocycles. The minimum Gasteiger partial charge on any atom is -0.497 e. The molecule has 9 heteroatoms. The number of hydrazone groups is 1. The Morgan fingerprint density at radius 2 is 1.94 bits per heavy atom. The predicted molar refractivity (Wildman–Crippen MR) is 133 cm³/mol. The highest BCUT2D eigenvalue weighted by molar-refractivity contribution is 9.10. The van der Waals surface area contributed by atoms with Crippen LogP contribution in [0.2, 0.25) is 0 Å².